The highest BCUT2D eigenvalue weighted by Gasteiger charge is 2.29. The van der Waals surface area contributed by atoms with Crippen molar-refractivity contribution in [2.24, 2.45) is 5.92 Å². The Bertz CT molecular complexity index is 367. The first-order chi connectivity index (χ1) is 8.27. The molecule has 0 spiro atoms. The van der Waals surface area contributed by atoms with Gasteiger partial charge in [0, 0.05) is 0 Å². The van der Waals surface area contributed by atoms with Gasteiger partial charge in [0.05, 0.1) is 12.6 Å². The molecule has 4 nitrogen and oxygen atoms in total. The Morgan fingerprint density at radius 3 is 2.88 bits per heavy atom. The zero-order chi connectivity index (χ0) is 12.1. The molecule has 17 heavy (non-hydrogen) atoms. The van der Waals surface area contributed by atoms with Crippen LogP contribution in [0.4, 0.5) is 0 Å². The van der Waals surface area contributed by atoms with Crippen molar-refractivity contribution >= 4 is 5.91 Å². The third-order valence-corrected chi connectivity index (χ3v) is 3.07. The smallest absolute Gasteiger partial charge is 0.260 e. The normalized spacial score (nSPS) is 23.6. The van der Waals surface area contributed by atoms with Crippen LogP contribution in [0.3, 0.4) is 0 Å². The van der Waals surface area contributed by atoms with Gasteiger partial charge in [-0.25, -0.2) is 5.48 Å². The van der Waals surface area contributed by atoms with Crippen molar-refractivity contribution in [2.45, 2.75) is 26.0 Å². The molecule has 1 saturated heterocycles. The molecule has 1 aliphatic rings. The maximum Gasteiger partial charge on any atom is 0.260 e. The molecule has 0 bridgehead atoms. The van der Waals surface area contributed by atoms with Crippen LogP contribution in [0.2, 0.25) is 0 Å². The minimum absolute atomic E-state index is 0.0778. The highest BCUT2D eigenvalue weighted by atomic mass is 16.6. The van der Waals surface area contributed by atoms with Gasteiger partial charge in [0.1, 0.15) is 0 Å². The summed E-state index contributed by atoms with van der Waals surface area (Å²) in [7, 11) is 0. The first-order valence-electron chi connectivity index (χ1n) is 5.96. The van der Waals surface area contributed by atoms with Gasteiger partial charge in [0.2, 0.25) is 0 Å². The van der Waals surface area contributed by atoms with E-state index in [0.717, 1.165) is 18.5 Å². The summed E-state index contributed by atoms with van der Waals surface area (Å²) in [5.41, 5.74) is 3.54. The second-order valence-electron chi connectivity index (χ2n) is 4.44. The van der Waals surface area contributed by atoms with E-state index in [-0.39, 0.29) is 11.9 Å². The number of hydroxylamine groups is 1. The predicted molar refractivity (Wildman–Crippen MR) is 64.9 cm³/mol. The Morgan fingerprint density at radius 1 is 1.47 bits per heavy atom. The maximum absolute atomic E-state index is 11.7. The number of nitrogens with one attached hydrogen (secondary N) is 2. The van der Waals surface area contributed by atoms with Crippen molar-refractivity contribution in [3.8, 4) is 0 Å². The average Bonchev–Trinajstić information content (AvgIpc) is 2.77. The van der Waals surface area contributed by atoms with Crippen LogP contribution in [0.25, 0.3) is 0 Å². The first-order valence-corrected chi connectivity index (χ1v) is 5.96. The van der Waals surface area contributed by atoms with Gasteiger partial charge in [-0.3, -0.25) is 9.63 Å². The molecule has 2 rings (SSSR count). The molecule has 0 radical (unpaired) electrons. The molecule has 2 atom stereocenters. The number of rotatable bonds is 4. The highest BCUT2D eigenvalue weighted by Crippen LogP contribution is 2.14. The van der Waals surface area contributed by atoms with E-state index in [2.05, 4.69) is 17.7 Å². The van der Waals surface area contributed by atoms with Gasteiger partial charge in [0.25, 0.3) is 5.91 Å². The number of hydrogen-bond donors (Lipinski definition) is 2. The summed E-state index contributed by atoms with van der Waals surface area (Å²) in [6.07, 6.45) is 1.04. The van der Waals surface area contributed by atoms with E-state index in [1.54, 1.807) is 0 Å². The molecule has 2 N–H and O–H groups in total. The Morgan fingerprint density at radius 2 is 2.24 bits per heavy atom. The van der Waals surface area contributed by atoms with Crippen molar-refractivity contribution in [1.29, 1.82) is 0 Å². The van der Waals surface area contributed by atoms with Crippen LogP contribution in [0.1, 0.15) is 18.9 Å². The lowest BCUT2D eigenvalue weighted by Crippen LogP contribution is -2.43. The van der Waals surface area contributed by atoms with Crippen molar-refractivity contribution in [1.82, 2.24) is 10.8 Å². The average molecular weight is 234 g/mol. The molecule has 4 heteroatoms. The molecular formula is C13H18N2O2. The van der Waals surface area contributed by atoms with Gasteiger partial charge in [-0.15, -0.1) is 0 Å². The summed E-state index contributed by atoms with van der Waals surface area (Å²) in [6, 6.07) is 9.64. The van der Waals surface area contributed by atoms with Gasteiger partial charge >= 0.3 is 0 Å². The van der Waals surface area contributed by atoms with Crippen LogP contribution < -0.4 is 10.8 Å². The predicted octanol–water partition coefficient (Wildman–Crippen LogP) is 1.23. The van der Waals surface area contributed by atoms with Crippen LogP contribution in [-0.4, -0.2) is 18.5 Å². The number of amides is 1. The van der Waals surface area contributed by atoms with Crippen LogP contribution in [0.15, 0.2) is 30.3 Å². The number of hydrogen-bond acceptors (Lipinski definition) is 3. The third-order valence-electron chi connectivity index (χ3n) is 3.07. The molecule has 0 saturated carbocycles. The fraction of sp³-hybridized carbons (Fsp3) is 0.462. The van der Waals surface area contributed by atoms with Gasteiger partial charge in [-0.1, -0.05) is 37.3 Å². The molecule has 1 amide bonds. The lowest BCUT2D eigenvalue weighted by molar-refractivity contribution is -0.137. The largest absolute Gasteiger partial charge is 0.306 e. The molecule has 0 unspecified atom stereocenters. The second kappa shape index (κ2) is 5.80. The third kappa shape index (κ3) is 3.28. The first kappa shape index (κ1) is 12.1. The molecule has 1 heterocycles. The molecular weight excluding hydrogens is 216 g/mol. The van der Waals surface area contributed by atoms with E-state index >= 15 is 0 Å². The maximum atomic E-state index is 11.7. The lowest BCUT2D eigenvalue weighted by Gasteiger charge is -2.15. The van der Waals surface area contributed by atoms with Crippen molar-refractivity contribution in [3.05, 3.63) is 35.9 Å². The summed E-state index contributed by atoms with van der Waals surface area (Å²) in [5.74, 6) is 0.293. The molecule has 1 aromatic rings. The Balaban J connectivity index is 1.73. The quantitative estimate of drug-likeness (QED) is 0.770. The standard InChI is InChI=1S/C13H18N2O2/c1-10-7-8-14-12(10)13(16)15-17-9-11-5-3-2-4-6-11/h2-6,10,12,14H,7-9H2,1H3,(H,15,16)/t10-,12+/m0/s1. The zero-order valence-electron chi connectivity index (χ0n) is 9.98. The second-order valence-corrected chi connectivity index (χ2v) is 4.44. The summed E-state index contributed by atoms with van der Waals surface area (Å²) < 4.78 is 0. The van der Waals surface area contributed by atoms with Gasteiger partial charge in [-0.05, 0) is 24.4 Å². The van der Waals surface area contributed by atoms with E-state index in [9.17, 15) is 4.79 Å². The van der Waals surface area contributed by atoms with Gasteiger partial charge < -0.3 is 5.32 Å². The topological polar surface area (TPSA) is 50.4 Å². The van der Waals surface area contributed by atoms with E-state index in [1.165, 1.54) is 0 Å². The van der Waals surface area contributed by atoms with Crippen LogP contribution in [0.5, 0.6) is 0 Å². The van der Waals surface area contributed by atoms with Crippen LogP contribution in [0, 0.1) is 5.92 Å². The number of carbonyl (C=O) groups excluding carboxylic acids is 1. The minimum Gasteiger partial charge on any atom is -0.306 e. The van der Waals surface area contributed by atoms with Crippen LogP contribution in [-0.2, 0) is 16.2 Å². The highest BCUT2D eigenvalue weighted by molar-refractivity contribution is 5.81. The van der Waals surface area contributed by atoms with Crippen molar-refractivity contribution in [3.63, 3.8) is 0 Å². The lowest BCUT2D eigenvalue weighted by atomic mass is 10.0. The molecule has 1 aliphatic heterocycles. The van der Waals surface area contributed by atoms with Crippen molar-refractivity contribution < 1.29 is 9.63 Å². The Kier molecular flexibility index (Phi) is 4.12. The monoisotopic (exact) mass is 234 g/mol. The molecule has 0 aromatic heterocycles. The van der Waals surface area contributed by atoms with Gasteiger partial charge in [0.15, 0.2) is 0 Å². The van der Waals surface area contributed by atoms with Crippen molar-refractivity contribution in [2.75, 3.05) is 6.54 Å². The SMILES string of the molecule is C[C@H]1CCN[C@H]1C(=O)NOCc1ccccc1. The van der Waals surface area contributed by atoms with E-state index in [4.69, 9.17) is 4.84 Å². The molecule has 92 valence electrons. The molecule has 1 fully saturated rings. The van der Waals surface area contributed by atoms with Gasteiger partial charge in [-0.2, -0.15) is 0 Å². The van der Waals surface area contributed by atoms with Crippen LogP contribution >= 0.6 is 0 Å². The minimum atomic E-state index is -0.120. The fourth-order valence-electron chi connectivity index (χ4n) is 2.01. The van der Waals surface area contributed by atoms with E-state index in [1.807, 2.05) is 30.3 Å². The summed E-state index contributed by atoms with van der Waals surface area (Å²) in [6.45, 7) is 3.37. The fourth-order valence-corrected chi connectivity index (χ4v) is 2.01. The number of carbonyl (C=O) groups is 1. The summed E-state index contributed by atoms with van der Waals surface area (Å²) in [4.78, 5) is 17.0. The zero-order valence-corrected chi connectivity index (χ0v) is 9.98. The summed E-state index contributed by atoms with van der Waals surface area (Å²) in [5, 5.41) is 3.16. The Labute approximate surface area is 101 Å². The Hall–Kier alpha value is -1.39. The number of benzene rings is 1. The van der Waals surface area contributed by atoms with E-state index < -0.39 is 0 Å². The van der Waals surface area contributed by atoms with E-state index in [0.29, 0.717) is 12.5 Å². The molecule has 0 aliphatic carbocycles. The summed E-state index contributed by atoms with van der Waals surface area (Å²) >= 11 is 0. The molecule has 1 aromatic carbocycles.